The molecule has 1 aliphatic heterocycles. The van der Waals surface area contributed by atoms with Crippen LogP contribution in [0, 0.1) is 5.92 Å². The Kier molecular flexibility index (Phi) is 6.57. The lowest BCUT2D eigenvalue weighted by atomic mass is 9.96. The number of amides is 1. The SMILES string of the molecule is COCCCc1cnc2c(C(=O)Nc3cnccc3N3C[C@@H](C)C[C@@H](N)C3)c(N)oc2c1. The number of rotatable bonds is 7. The monoisotopic (exact) mass is 438 g/mol. The van der Waals surface area contributed by atoms with Crippen LogP contribution in [0.25, 0.3) is 11.1 Å². The van der Waals surface area contributed by atoms with Crippen molar-refractivity contribution in [1.29, 1.82) is 0 Å². The van der Waals surface area contributed by atoms with Gasteiger partial charge in [-0.1, -0.05) is 6.92 Å². The van der Waals surface area contributed by atoms with Crippen LogP contribution in [0.2, 0.25) is 0 Å². The van der Waals surface area contributed by atoms with Crippen molar-refractivity contribution in [3.63, 3.8) is 0 Å². The number of piperidine rings is 1. The number of hydrogen-bond acceptors (Lipinski definition) is 8. The van der Waals surface area contributed by atoms with E-state index >= 15 is 0 Å². The molecule has 1 amide bonds. The molecule has 4 rings (SSSR count). The molecule has 9 nitrogen and oxygen atoms in total. The first-order valence-corrected chi connectivity index (χ1v) is 10.9. The maximum atomic E-state index is 13.2. The molecule has 0 saturated carbocycles. The summed E-state index contributed by atoms with van der Waals surface area (Å²) in [5.74, 6) is 0.119. The lowest BCUT2D eigenvalue weighted by Crippen LogP contribution is -2.46. The minimum atomic E-state index is -0.385. The smallest absolute Gasteiger partial charge is 0.263 e. The van der Waals surface area contributed by atoms with Gasteiger partial charge in [0.05, 0.1) is 17.6 Å². The number of anilines is 3. The predicted molar refractivity (Wildman–Crippen MR) is 125 cm³/mol. The Morgan fingerprint density at radius 1 is 1.38 bits per heavy atom. The van der Waals surface area contributed by atoms with Gasteiger partial charge in [-0.2, -0.15) is 0 Å². The van der Waals surface area contributed by atoms with Gasteiger partial charge in [-0.15, -0.1) is 0 Å². The van der Waals surface area contributed by atoms with Crippen LogP contribution in [0.5, 0.6) is 0 Å². The molecule has 3 aromatic rings. The van der Waals surface area contributed by atoms with Crippen molar-refractivity contribution >= 4 is 34.3 Å². The van der Waals surface area contributed by atoms with Gasteiger partial charge in [0, 0.05) is 45.2 Å². The molecule has 0 bridgehead atoms. The van der Waals surface area contributed by atoms with Crippen molar-refractivity contribution in [3.8, 4) is 0 Å². The van der Waals surface area contributed by atoms with Gasteiger partial charge in [0.15, 0.2) is 5.58 Å². The van der Waals surface area contributed by atoms with Crippen molar-refractivity contribution in [3.05, 3.63) is 41.9 Å². The van der Waals surface area contributed by atoms with E-state index in [-0.39, 0.29) is 23.4 Å². The molecule has 0 unspecified atom stereocenters. The summed E-state index contributed by atoms with van der Waals surface area (Å²) in [5, 5.41) is 2.95. The average molecular weight is 439 g/mol. The first-order chi connectivity index (χ1) is 15.5. The number of carbonyl (C=O) groups excluding carboxylic acids is 1. The van der Waals surface area contributed by atoms with Crippen molar-refractivity contribution in [1.82, 2.24) is 9.97 Å². The van der Waals surface area contributed by atoms with E-state index in [1.165, 1.54) is 0 Å². The molecule has 9 heteroatoms. The standard InChI is InChI=1S/C23H30N6O3/c1-14-8-16(24)13-29(12-14)18-5-6-26-11-17(18)28-23(30)20-21-19(32-22(20)25)9-15(10-27-21)4-3-7-31-2/h5-6,9-11,14,16H,3-4,7-8,12-13,24-25H2,1-2H3,(H,28,30)/t14-,16+/m0/s1. The van der Waals surface area contributed by atoms with Crippen LogP contribution in [0.3, 0.4) is 0 Å². The van der Waals surface area contributed by atoms with Crippen molar-refractivity contribution in [2.45, 2.75) is 32.2 Å². The van der Waals surface area contributed by atoms with Crippen molar-refractivity contribution in [2.24, 2.45) is 11.7 Å². The quantitative estimate of drug-likeness (QED) is 0.480. The number of carbonyl (C=O) groups is 1. The molecule has 3 aromatic heterocycles. The Morgan fingerprint density at radius 3 is 3.00 bits per heavy atom. The third kappa shape index (κ3) is 4.68. The molecular formula is C23H30N6O3. The summed E-state index contributed by atoms with van der Waals surface area (Å²) in [6.07, 6.45) is 7.75. The molecule has 2 atom stereocenters. The number of fused-ring (bicyclic) bond motifs is 1. The van der Waals surface area contributed by atoms with E-state index < -0.39 is 0 Å². The number of ether oxygens (including phenoxy) is 1. The van der Waals surface area contributed by atoms with E-state index in [1.807, 2.05) is 12.1 Å². The Bertz CT molecular complexity index is 1090. The number of nitrogens with zero attached hydrogens (tertiary/aromatic N) is 3. The highest BCUT2D eigenvalue weighted by molar-refractivity contribution is 6.15. The summed E-state index contributed by atoms with van der Waals surface area (Å²) in [7, 11) is 1.67. The molecule has 32 heavy (non-hydrogen) atoms. The van der Waals surface area contributed by atoms with Crippen LogP contribution in [-0.4, -0.2) is 48.7 Å². The number of hydrogen-bond donors (Lipinski definition) is 3. The minimum absolute atomic E-state index is 0.0399. The first-order valence-electron chi connectivity index (χ1n) is 10.9. The van der Waals surface area contributed by atoms with Gasteiger partial charge in [0.1, 0.15) is 11.1 Å². The van der Waals surface area contributed by atoms with Gasteiger partial charge in [-0.05, 0) is 42.9 Å². The second-order valence-electron chi connectivity index (χ2n) is 8.48. The zero-order valence-electron chi connectivity index (χ0n) is 18.5. The van der Waals surface area contributed by atoms with Gasteiger partial charge < -0.3 is 30.8 Å². The number of aromatic nitrogens is 2. The summed E-state index contributed by atoms with van der Waals surface area (Å²) in [6, 6.07) is 3.85. The summed E-state index contributed by atoms with van der Waals surface area (Å²) < 4.78 is 10.8. The Hall–Kier alpha value is -3.17. The molecule has 1 aliphatic rings. The third-order valence-corrected chi connectivity index (χ3v) is 5.73. The predicted octanol–water partition coefficient (Wildman–Crippen LogP) is 2.81. The van der Waals surface area contributed by atoms with E-state index in [9.17, 15) is 4.79 Å². The number of furan rings is 1. The second-order valence-corrected chi connectivity index (χ2v) is 8.48. The summed E-state index contributed by atoms with van der Waals surface area (Å²) >= 11 is 0. The third-order valence-electron chi connectivity index (χ3n) is 5.73. The molecule has 1 saturated heterocycles. The lowest BCUT2D eigenvalue weighted by molar-refractivity contribution is 0.102. The molecule has 170 valence electrons. The number of nitrogens with two attached hydrogens (primary N) is 2. The number of nitrogen functional groups attached to an aromatic ring is 1. The molecule has 0 aliphatic carbocycles. The fourth-order valence-corrected chi connectivity index (χ4v) is 4.35. The highest BCUT2D eigenvalue weighted by Crippen LogP contribution is 2.32. The van der Waals surface area contributed by atoms with Gasteiger partial charge >= 0.3 is 0 Å². The molecule has 1 fully saturated rings. The summed E-state index contributed by atoms with van der Waals surface area (Å²) in [4.78, 5) is 24.0. The van der Waals surface area contributed by atoms with Crippen molar-refractivity contribution in [2.75, 3.05) is 42.8 Å². The first kappa shape index (κ1) is 22.0. The lowest BCUT2D eigenvalue weighted by Gasteiger charge is -2.37. The normalized spacial score (nSPS) is 18.8. The van der Waals surface area contributed by atoms with E-state index in [0.29, 0.717) is 29.3 Å². The minimum Gasteiger partial charge on any atom is -0.438 e. The van der Waals surface area contributed by atoms with E-state index in [4.69, 9.17) is 20.6 Å². The number of methoxy groups -OCH3 is 1. The van der Waals surface area contributed by atoms with Gasteiger partial charge in [0.25, 0.3) is 5.91 Å². The molecule has 0 aromatic carbocycles. The van der Waals surface area contributed by atoms with Crippen LogP contribution >= 0.6 is 0 Å². The maximum absolute atomic E-state index is 13.2. The van der Waals surface area contributed by atoms with Crippen LogP contribution in [0.4, 0.5) is 17.3 Å². The van der Waals surface area contributed by atoms with E-state index in [2.05, 4.69) is 27.1 Å². The van der Waals surface area contributed by atoms with E-state index in [0.717, 1.165) is 43.6 Å². The van der Waals surface area contributed by atoms with Gasteiger partial charge in [0.2, 0.25) is 5.88 Å². The molecule has 0 radical (unpaired) electrons. The molecule has 4 heterocycles. The topological polar surface area (TPSA) is 133 Å². The number of aryl methyl sites for hydroxylation is 1. The maximum Gasteiger partial charge on any atom is 0.263 e. The molecular weight excluding hydrogens is 408 g/mol. The van der Waals surface area contributed by atoms with Crippen molar-refractivity contribution < 1.29 is 13.9 Å². The second kappa shape index (κ2) is 9.54. The number of pyridine rings is 2. The largest absolute Gasteiger partial charge is 0.438 e. The highest BCUT2D eigenvalue weighted by Gasteiger charge is 2.26. The van der Waals surface area contributed by atoms with Crippen LogP contribution < -0.4 is 21.7 Å². The summed E-state index contributed by atoms with van der Waals surface area (Å²) in [6.45, 7) is 4.44. The van der Waals surface area contributed by atoms with Crippen LogP contribution in [-0.2, 0) is 11.2 Å². The average Bonchev–Trinajstić information content (AvgIpc) is 3.08. The van der Waals surface area contributed by atoms with Gasteiger partial charge in [-0.3, -0.25) is 14.8 Å². The Balaban J connectivity index is 1.58. The van der Waals surface area contributed by atoms with Gasteiger partial charge in [-0.25, -0.2) is 0 Å². The fourth-order valence-electron chi connectivity index (χ4n) is 4.35. The zero-order chi connectivity index (χ0) is 22.7. The summed E-state index contributed by atoms with van der Waals surface area (Å²) in [5.41, 5.74) is 15.9. The van der Waals surface area contributed by atoms with Crippen LogP contribution in [0.15, 0.2) is 35.1 Å². The number of nitrogens with one attached hydrogen (secondary N) is 1. The Morgan fingerprint density at radius 2 is 2.22 bits per heavy atom. The fraction of sp³-hybridized carbons (Fsp3) is 0.435. The van der Waals surface area contributed by atoms with E-state index in [1.54, 1.807) is 25.7 Å². The van der Waals surface area contributed by atoms with Crippen LogP contribution in [0.1, 0.15) is 35.7 Å². The molecule has 0 spiro atoms. The zero-order valence-corrected chi connectivity index (χ0v) is 18.5. The highest BCUT2D eigenvalue weighted by atomic mass is 16.5. The molecule has 5 N–H and O–H groups in total. The Labute approximate surface area is 187 Å².